The van der Waals surface area contributed by atoms with Crippen molar-refractivity contribution in [3.05, 3.63) is 40.3 Å². The van der Waals surface area contributed by atoms with E-state index in [1.165, 1.54) is 44.9 Å². The van der Waals surface area contributed by atoms with Crippen LogP contribution in [0, 0.1) is 11.8 Å². The average Bonchev–Trinajstić information content (AvgIpc) is 2.96. The Morgan fingerprint density at radius 3 is 2.23 bits per heavy atom. The number of aromatic nitrogens is 2. The van der Waals surface area contributed by atoms with Crippen molar-refractivity contribution in [3.8, 4) is 0 Å². The van der Waals surface area contributed by atoms with Crippen molar-refractivity contribution in [2.75, 3.05) is 13.2 Å². The fourth-order valence-electron chi connectivity index (χ4n) is 8.76. The second kappa shape index (κ2) is 12.7. The van der Waals surface area contributed by atoms with Gasteiger partial charge in [0.2, 0.25) is 0 Å². The van der Waals surface area contributed by atoms with E-state index in [0.29, 0.717) is 23.6 Å². The number of fused-ring (bicyclic) bond motifs is 5. The highest BCUT2D eigenvalue weighted by atomic mass is 16.6. The summed E-state index contributed by atoms with van der Waals surface area (Å²) in [6.07, 6.45) is 13.6. The lowest BCUT2D eigenvalue weighted by Gasteiger charge is -2.55. The molecule has 6 rings (SSSR count). The molecule has 4 bridgehead atoms. The van der Waals surface area contributed by atoms with Crippen molar-refractivity contribution in [2.24, 2.45) is 16.8 Å². The number of hydrogen-bond acceptors (Lipinski definition) is 8. The largest absolute Gasteiger partial charge is 0.461 e. The van der Waals surface area contributed by atoms with Crippen LogP contribution in [0.5, 0.6) is 0 Å². The van der Waals surface area contributed by atoms with E-state index < -0.39 is 24.1 Å². The number of ether oxygens (including phenoxy) is 2. The van der Waals surface area contributed by atoms with Crippen molar-refractivity contribution < 1.29 is 19.1 Å². The van der Waals surface area contributed by atoms with Crippen LogP contribution >= 0.6 is 0 Å². The molecule has 4 atom stereocenters. The van der Waals surface area contributed by atoms with Crippen molar-refractivity contribution in [2.45, 2.75) is 128 Å². The second-order valence-electron chi connectivity index (χ2n) is 14.4. The van der Waals surface area contributed by atoms with E-state index in [1.807, 2.05) is 28.8 Å². The Balaban J connectivity index is 1.35. The number of para-hydroxylation sites is 2. The Morgan fingerprint density at radius 2 is 1.57 bits per heavy atom. The Kier molecular flexibility index (Phi) is 8.95. The van der Waals surface area contributed by atoms with Gasteiger partial charge in [-0.1, -0.05) is 37.8 Å². The molecule has 1 aromatic carbocycles. The van der Waals surface area contributed by atoms with E-state index in [2.05, 4.69) is 14.9 Å². The van der Waals surface area contributed by atoms with Gasteiger partial charge in [0.25, 0.3) is 5.56 Å². The van der Waals surface area contributed by atoms with E-state index >= 15 is 0 Å². The maximum Gasteiger partial charge on any atom is 0.358 e. The van der Waals surface area contributed by atoms with Crippen LogP contribution in [0.3, 0.4) is 0 Å². The molecule has 0 radical (unpaired) electrons. The lowest BCUT2D eigenvalue weighted by atomic mass is 9.68. The van der Waals surface area contributed by atoms with Gasteiger partial charge in [-0.15, -0.1) is 0 Å². The van der Waals surface area contributed by atoms with Crippen molar-refractivity contribution >= 4 is 28.7 Å². The van der Waals surface area contributed by atoms with Gasteiger partial charge >= 0.3 is 11.9 Å². The average molecular weight is 605 g/mol. The number of rotatable bonds is 7. The lowest BCUT2D eigenvalue weighted by Crippen LogP contribution is -2.58. The smallest absolute Gasteiger partial charge is 0.358 e. The predicted molar refractivity (Wildman–Crippen MR) is 170 cm³/mol. The van der Waals surface area contributed by atoms with Gasteiger partial charge in [-0.25, -0.2) is 9.78 Å². The first-order valence-corrected chi connectivity index (χ1v) is 16.8. The molecule has 9 nitrogen and oxygen atoms in total. The van der Waals surface area contributed by atoms with E-state index in [0.717, 1.165) is 43.0 Å². The van der Waals surface area contributed by atoms with E-state index in [-0.39, 0.29) is 29.6 Å². The second-order valence-corrected chi connectivity index (χ2v) is 14.4. The quantitative estimate of drug-likeness (QED) is 0.299. The maximum atomic E-state index is 14.4. The minimum atomic E-state index is -0.767. The summed E-state index contributed by atoms with van der Waals surface area (Å²) in [6, 6.07) is 9.16. The van der Waals surface area contributed by atoms with Crippen molar-refractivity contribution in [1.82, 2.24) is 14.5 Å². The van der Waals surface area contributed by atoms with Gasteiger partial charge in [0.1, 0.15) is 12.1 Å². The van der Waals surface area contributed by atoms with E-state index in [9.17, 15) is 14.4 Å². The third-order valence-corrected chi connectivity index (χ3v) is 10.2. The highest BCUT2D eigenvalue weighted by Crippen LogP contribution is 2.47. The molecule has 0 N–H and O–H groups in total. The van der Waals surface area contributed by atoms with Gasteiger partial charge in [0.05, 0.1) is 17.6 Å². The third kappa shape index (κ3) is 6.49. The first-order valence-electron chi connectivity index (χ1n) is 16.8. The van der Waals surface area contributed by atoms with E-state index in [4.69, 9.17) is 9.47 Å². The van der Waals surface area contributed by atoms with Crippen molar-refractivity contribution in [1.29, 1.82) is 0 Å². The molecule has 3 heterocycles. The predicted octanol–water partition coefficient (Wildman–Crippen LogP) is 5.62. The number of nitrogens with zero attached hydrogens (tertiary/aromatic N) is 4. The molecule has 0 spiro atoms. The summed E-state index contributed by atoms with van der Waals surface area (Å²) >= 11 is 0. The summed E-state index contributed by atoms with van der Waals surface area (Å²) < 4.78 is 12.6. The number of hydrogen-bond donors (Lipinski definition) is 0. The molecule has 4 fully saturated rings. The Hall–Kier alpha value is -3.07. The third-order valence-electron chi connectivity index (χ3n) is 10.2. The molecule has 4 unspecified atom stereocenters. The van der Waals surface area contributed by atoms with Crippen LogP contribution in [0.4, 0.5) is 0 Å². The number of carbonyl (C=O) groups is 2. The minimum absolute atomic E-state index is 0.0157. The fraction of sp³-hybridized carbons (Fsp3) is 0.686. The number of aliphatic imine (C=N–C) groups is 1. The molecular weight excluding hydrogens is 556 g/mol. The van der Waals surface area contributed by atoms with Gasteiger partial charge in [-0.2, -0.15) is 0 Å². The highest BCUT2D eigenvalue weighted by Gasteiger charge is 2.45. The zero-order valence-electron chi connectivity index (χ0n) is 26.8. The first-order chi connectivity index (χ1) is 21.1. The van der Waals surface area contributed by atoms with Crippen molar-refractivity contribution in [3.63, 3.8) is 0 Å². The van der Waals surface area contributed by atoms with Crippen LogP contribution in [0.1, 0.15) is 110 Å². The Morgan fingerprint density at radius 1 is 0.909 bits per heavy atom. The van der Waals surface area contributed by atoms with Gasteiger partial charge in [0, 0.05) is 24.2 Å². The standard InChI is InChI=1S/C35H48N4O5/c1-5-43-34(42)32(36-21-30(40)44-35(2,3)4)31-33(41)39(29-15-7-6-14-28(29)37-31)27-19-24-12-9-13-25(20-27)38(24)26-17-22-10-8-11-23(16-22)18-26/h6-7,14-15,22-27H,5,8-13,16-21H2,1-4H3. The first kappa shape index (κ1) is 30.9. The number of esters is 2. The minimum Gasteiger partial charge on any atom is -0.461 e. The zero-order chi connectivity index (χ0) is 31.0. The van der Waals surface area contributed by atoms with E-state index in [1.54, 1.807) is 27.7 Å². The molecule has 44 heavy (non-hydrogen) atoms. The number of benzene rings is 1. The van der Waals surface area contributed by atoms with Gasteiger partial charge in [-0.05, 0) is 96.6 Å². The summed E-state index contributed by atoms with van der Waals surface area (Å²) in [4.78, 5) is 52.0. The molecule has 2 aliphatic heterocycles. The topological polar surface area (TPSA) is 103 Å². The summed E-state index contributed by atoms with van der Waals surface area (Å²) in [5.74, 6) is 0.396. The lowest BCUT2D eigenvalue weighted by molar-refractivity contribution is -0.152. The summed E-state index contributed by atoms with van der Waals surface area (Å²) in [7, 11) is 0. The van der Waals surface area contributed by atoms with Gasteiger partial charge < -0.3 is 14.0 Å². The molecule has 238 valence electrons. The van der Waals surface area contributed by atoms with Crippen LogP contribution in [0.15, 0.2) is 34.1 Å². The summed E-state index contributed by atoms with van der Waals surface area (Å²) in [6.45, 7) is 6.70. The maximum absolute atomic E-state index is 14.4. The Labute approximate surface area is 260 Å². The molecule has 1 aromatic heterocycles. The molecule has 0 amide bonds. The van der Waals surface area contributed by atoms with Crippen LogP contribution in [0.25, 0.3) is 11.0 Å². The number of piperidine rings is 2. The fourth-order valence-corrected chi connectivity index (χ4v) is 8.76. The monoisotopic (exact) mass is 604 g/mol. The van der Waals surface area contributed by atoms with Gasteiger partial charge in [0.15, 0.2) is 11.4 Å². The molecule has 2 saturated heterocycles. The van der Waals surface area contributed by atoms with Crippen LogP contribution in [-0.2, 0) is 19.1 Å². The molecule has 2 saturated carbocycles. The highest BCUT2D eigenvalue weighted by molar-refractivity contribution is 6.42. The molecule has 9 heteroatoms. The number of carbonyl (C=O) groups excluding carboxylic acids is 2. The summed E-state index contributed by atoms with van der Waals surface area (Å²) in [5.41, 5.74) is 0.0216. The van der Waals surface area contributed by atoms with Gasteiger partial charge in [-0.3, -0.25) is 19.5 Å². The molecular formula is C35H48N4O5. The zero-order valence-corrected chi connectivity index (χ0v) is 26.8. The summed E-state index contributed by atoms with van der Waals surface area (Å²) in [5, 5.41) is 0. The molecule has 2 aliphatic carbocycles. The normalized spacial score (nSPS) is 29.3. The van der Waals surface area contributed by atoms with Crippen LogP contribution in [-0.4, -0.2) is 69.0 Å². The SMILES string of the molecule is CCOC(=O)C(=NCC(=O)OC(C)(C)C)c1nc2ccccc2n(C2CC3CCCC(C2)N3C2CC3CCCC(C3)C2)c1=O. The molecule has 2 aromatic rings. The Bertz CT molecular complexity index is 1450. The molecule has 4 aliphatic rings. The van der Waals surface area contributed by atoms with Crippen LogP contribution in [0.2, 0.25) is 0 Å². The van der Waals surface area contributed by atoms with Crippen LogP contribution < -0.4 is 5.56 Å².